The molecular weight excluding hydrogens is 346 g/mol. The maximum atomic E-state index is 12.5. The van der Waals surface area contributed by atoms with Gasteiger partial charge in [-0.2, -0.15) is 0 Å². The van der Waals surface area contributed by atoms with Crippen molar-refractivity contribution in [2.24, 2.45) is 0 Å². The molecule has 2 aliphatic carbocycles. The number of likely N-dealkylation sites (N-methyl/N-ethyl adjacent to an activating group) is 1. The number of rotatable bonds is 4. The summed E-state index contributed by atoms with van der Waals surface area (Å²) in [7, 11) is 8.54. The van der Waals surface area contributed by atoms with Gasteiger partial charge in [-0.3, -0.25) is 9.69 Å². The zero-order valence-corrected chi connectivity index (χ0v) is 16.4. The molecule has 6 nitrogen and oxygen atoms in total. The lowest BCUT2D eigenvalue weighted by Crippen LogP contribution is -2.54. The van der Waals surface area contributed by atoms with E-state index in [4.69, 9.17) is 18.9 Å². The Morgan fingerprint density at radius 3 is 2.44 bits per heavy atom. The molecule has 1 aliphatic heterocycles. The molecule has 1 fully saturated rings. The molecule has 0 amide bonds. The van der Waals surface area contributed by atoms with Crippen molar-refractivity contribution < 1.29 is 23.7 Å². The van der Waals surface area contributed by atoms with Crippen LogP contribution in [0.25, 0.3) is 0 Å². The fourth-order valence-electron chi connectivity index (χ4n) is 4.91. The molecule has 0 saturated carbocycles. The zero-order chi connectivity index (χ0) is 19.3. The second-order valence-electron chi connectivity index (χ2n) is 7.28. The van der Waals surface area contributed by atoms with Crippen LogP contribution in [0.3, 0.4) is 0 Å². The topological polar surface area (TPSA) is 57.2 Å². The Labute approximate surface area is 159 Å². The van der Waals surface area contributed by atoms with Crippen molar-refractivity contribution >= 4 is 5.78 Å². The second-order valence-corrected chi connectivity index (χ2v) is 7.28. The van der Waals surface area contributed by atoms with Gasteiger partial charge in [-0.05, 0) is 55.8 Å². The fraction of sp³-hybridized carbons (Fsp3) is 0.476. The van der Waals surface area contributed by atoms with Crippen LogP contribution in [0.1, 0.15) is 17.5 Å². The second kappa shape index (κ2) is 6.30. The molecule has 144 valence electrons. The molecule has 1 saturated heterocycles. The summed E-state index contributed by atoms with van der Waals surface area (Å²) in [6, 6.07) is 2.20. The average molecular weight is 371 g/mol. The normalized spacial score (nSPS) is 26.4. The third-order valence-corrected chi connectivity index (χ3v) is 6.16. The highest BCUT2D eigenvalue weighted by molar-refractivity contribution is 6.05. The third kappa shape index (κ3) is 2.32. The van der Waals surface area contributed by atoms with Crippen LogP contribution in [0.15, 0.2) is 29.6 Å². The summed E-state index contributed by atoms with van der Waals surface area (Å²) in [5.41, 5.74) is 2.88. The molecular formula is C21H25NO5. The lowest BCUT2D eigenvalue weighted by Gasteiger charge is -2.52. The molecule has 3 aliphatic rings. The van der Waals surface area contributed by atoms with Gasteiger partial charge in [-0.1, -0.05) is 0 Å². The molecule has 0 unspecified atom stereocenters. The summed E-state index contributed by atoms with van der Waals surface area (Å²) >= 11 is 0. The van der Waals surface area contributed by atoms with Crippen LogP contribution in [0.5, 0.6) is 17.2 Å². The lowest BCUT2D eigenvalue weighted by molar-refractivity contribution is -0.114. The van der Waals surface area contributed by atoms with E-state index in [1.807, 2.05) is 12.1 Å². The monoisotopic (exact) mass is 371 g/mol. The van der Waals surface area contributed by atoms with Crippen LogP contribution in [-0.4, -0.2) is 58.8 Å². The van der Waals surface area contributed by atoms with Gasteiger partial charge in [0, 0.05) is 17.0 Å². The predicted molar refractivity (Wildman–Crippen MR) is 101 cm³/mol. The molecule has 1 heterocycles. The van der Waals surface area contributed by atoms with Gasteiger partial charge in [0.2, 0.25) is 11.5 Å². The predicted octanol–water partition coefficient (Wildman–Crippen LogP) is 2.25. The van der Waals surface area contributed by atoms with Crippen LogP contribution in [0.4, 0.5) is 0 Å². The number of hydrogen-bond donors (Lipinski definition) is 0. The Hall–Kier alpha value is -2.47. The molecule has 6 heteroatoms. The van der Waals surface area contributed by atoms with Gasteiger partial charge in [0.05, 0.1) is 28.4 Å². The van der Waals surface area contributed by atoms with Gasteiger partial charge in [0.1, 0.15) is 0 Å². The van der Waals surface area contributed by atoms with E-state index in [9.17, 15) is 4.79 Å². The van der Waals surface area contributed by atoms with Crippen molar-refractivity contribution in [2.45, 2.75) is 24.3 Å². The summed E-state index contributed by atoms with van der Waals surface area (Å²) in [6.07, 6.45) is 5.37. The average Bonchev–Trinajstić information content (AvgIpc) is 2.68. The number of benzene rings is 1. The quantitative estimate of drug-likeness (QED) is 0.809. The first-order valence-electron chi connectivity index (χ1n) is 9.06. The van der Waals surface area contributed by atoms with E-state index in [-0.39, 0.29) is 11.8 Å². The number of piperidine rings is 1. The number of methoxy groups -OCH3 is 4. The van der Waals surface area contributed by atoms with E-state index in [1.165, 1.54) is 0 Å². The van der Waals surface area contributed by atoms with E-state index >= 15 is 0 Å². The van der Waals surface area contributed by atoms with Crippen molar-refractivity contribution in [3.63, 3.8) is 0 Å². The molecule has 0 spiro atoms. The largest absolute Gasteiger partial charge is 0.493 e. The molecule has 2 bridgehead atoms. The van der Waals surface area contributed by atoms with Crippen LogP contribution < -0.4 is 14.2 Å². The first-order valence-corrected chi connectivity index (χ1v) is 9.06. The van der Waals surface area contributed by atoms with Crippen LogP contribution >= 0.6 is 0 Å². The van der Waals surface area contributed by atoms with Crippen LogP contribution in [-0.2, 0) is 21.4 Å². The van der Waals surface area contributed by atoms with E-state index in [0.29, 0.717) is 23.0 Å². The van der Waals surface area contributed by atoms with Crippen molar-refractivity contribution in [3.05, 3.63) is 40.7 Å². The van der Waals surface area contributed by atoms with E-state index in [1.54, 1.807) is 34.5 Å². The lowest BCUT2D eigenvalue weighted by atomic mass is 9.58. The zero-order valence-electron chi connectivity index (χ0n) is 16.4. The number of fused-ring (bicyclic) bond motifs is 1. The smallest absolute Gasteiger partial charge is 0.220 e. The third-order valence-electron chi connectivity index (χ3n) is 6.16. The Morgan fingerprint density at radius 1 is 1.07 bits per heavy atom. The first kappa shape index (κ1) is 17.9. The number of nitrogens with zero attached hydrogens (tertiary/aromatic N) is 1. The maximum Gasteiger partial charge on any atom is 0.220 e. The summed E-state index contributed by atoms with van der Waals surface area (Å²) in [5, 5.41) is 0. The number of ketones is 1. The van der Waals surface area contributed by atoms with Crippen molar-refractivity contribution in [2.75, 3.05) is 42.0 Å². The number of carbonyl (C=O) groups excluding carboxylic acids is 1. The number of hydrogen-bond acceptors (Lipinski definition) is 6. The van der Waals surface area contributed by atoms with Gasteiger partial charge >= 0.3 is 0 Å². The van der Waals surface area contributed by atoms with E-state index < -0.39 is 5.41 Å². The van der Waals surface area contributed by atoms with Gasteiger partial charge in [0.25, 0.3) is 0 Å². The van der Waals surface area contributed by atoms with Crippen molar-refractivity contribution in [3.8, 4) is 17.2 Å². The first-order chi connectivity index (χ1) is 13.0. The molecule has 0 aromatic heterocycles. The molecule has 1 aromatic rings. The molecule has 0 radical (unpaired) electrons. The van der Waals surface area contributed by atoms with E-state index in [2.05, 4.69) is 11.9 Å². The standard InChI is InChI=1S/C21H25NO5/c1-22-7-6-21-11-17(25-3)15(23)10-13(21)14(22)8-12-9-16(24-2)19(26-4)20(27-5)18(12)21/h9-11,14H,6-8H2,1-5H3/t14-,21+/m1/s1. The van der Waals surface area contributed by atoms with E-state index in [0.717, 1.165) is 36.1 Å². The highest BCUT2D eigenvalue weighted by Crippen LogP contribution is 2.57. The fourth-order valence-corrected chi connectivity index (χ4v) is 4.91. The molecule has 0 N–H and O–H groups in total. The Kier molecular flexibility index (Phi) is 4.18. The summed E-state index contributed by atoms with van der Waals surface area (Å²) in [5.74, 6) is 2.20. The van der Waals surface area contributed by atoms with Gasteiger partial charge in [-0.15, -0.1) is 0 Å². The van der Waals surface area contributed by atoms with Crippen LogP contribution in [0.2, 0.25) is 0 Å². The molecule has 4 rings (SSSR count). The Balaban J connectivity index is 2.07. The minimum atomic E-state index is -0.436. The van der Waals surface area contributed by atoms with Gasteiger partial charge in [-0.25, -0.2) is 0 Å². The Bertz CT molecular complexity index is 872. The highest BCUT2D eigenvalue weighted by Gasteiger charge is 2.52. The van der Waals surface area contributed by atoms with Crippen molar-refractivity contribution in [1.29, 1.82) is 0 Å². The highest BCUT2D eigenvalue weighted by atomic mass is 16.5. The Morgan fingerprint density at radius 2 is 1.81 bits per heavy atom. The summed E-state index contributed by atoms with van der Waals surface area (Å²) in [6.45, 7) is 0.917. The molecule has 27 heavy (non-hydrogen) atoms. The molecule has 1 aromatic carbocycles. The summed E-state index contributed by atoms with van der Waals surface area (Å²) < 4.78 is 22.4. The van der Waals surface area contributed by atoms with Crippen LogP contribution in [0, 0.1) is 0 Å². The van der Waals surface area contributed by atoms with Gasteiger partial charge in [0.15, 0.2) is 17.3 Å². The van der Waals surface area contributed by atoms with Crippen molar-refractivity contribution in [1.82, 2.24) is 4.90 Å². The number of ether oxygens (including phenoxy) is 4. The summed E-state index contributed by atoms with van der Waals surface area (Å²) in [4.78, 5) is 14.9. The SMILES string of the molecule is COC1=C[C@]23CCN(C)[C@H](Cc4cc(OC)c(OC)c(OC)c42)C3=CC1=O. The number of allylic oxidation sites excluding steroid dienone is 2. The maximum absolute atomic E-state index is 12.5. The number of likely N-dealkylation sites (tertiary alicyclic amines) is 1. The minimum absolute atomic E-state index is 0.0775. The molecule has 2 atom stereocenters. The van der Waals surface area contributed by atoms with Gasteiger partial charge < -0.3 is 18.9 Å². The minimum Gasteiger partial charge on any atom is -0.493 e. The number of carbonyl (C=O) groups is 1.